The Bertz CT molecular complexity index is 879. The molecule has 1 aliphatic heterocycles. The molecule has 2 heterocycles. The Hall–Kier alpha value is -2.90. The highest BCUT2D eigenvalue weighted by molar-refractivity contribution is 5.84. The lowest BCUT2D eigenvalue weighted by molar-refractivity contribution is -0.149. The summed E-state index contributed by atoms with van der Waals surface area (Å²) in [6.45, 7) is 0.572. The molecule has 4 rings (SSSR count). The number of carboxylic acid groups (broad SMARTS) is 1. The molecule has 0 bridgehead atoms. The third kappa shape index (κ3) is 3.97. The van der Waals surface area contributed by atoms with E-state index < -0.39 is 12.0 Å². The molecule has 2 aromatic rings. The average molecular weight is 399 g/mol. The number of amides is 1. The van der Waals surface area contributed by atoms with Crippen molar-refractivity contribution in [1.82, 2.24) is 15.0 Å². The molecule has 3 unspecified atom stereocenters. The molecule has 1 amide bonds. The largest absolute Gasteiger partial charge is 0.497 e. The minimum atomic E-state index is -0.881. The number of carbonyl (C=O) groups is 2. The lowest BCUT2D eigenvalue weighted by Gasteiger charge is -2.24. The van der Waals surface area contributed by atoms with Crippen LogP contribution in [0.1, 0.15) is 38.0 Å². The number of ether oxygens (including phenoxy) is 1. The van der Waals surface area contributed by atoms with Gasteiger partial charge in [-0.25, -0.2) is 4.79 Å². The zero-order valence-electron chi connectivity index (χ0n) is 16.4. The number of hydrogen-bond donors (Lipinski definition) is 1. The van der Waals surface area contributed by atoms with Crippen LogP contribution in [0.15, 0.2) is 28.8 Å². The number of aryl methyl sites for hydroxylation is 1. The number of benzene rings is 1. The molecule has 1 saturated heterocycles. The second-order valence-electron chi connectivity index (χ2n) is 7.78. The van der Waals surface area contributed by atoms with Crippen molar-refractivity contribution in [2.75, 3.05) is 13.7 Å². The molecule has 1 saturated carbocycles. The van der Waals surface area contributed by atoms with E-state index in [2.05, 4.69) is 10.1 Å². The standard InChI is InChI=1S/C21H25N3O5/c1-28-15-10-8-13(9-11-15)20-22-17(29-23-20)6-3-7-18(25)24-12-14-4-2-5-16(14)19(24)21(26)27/h8-11,14,16,19H,2-7,12H2,1H3,(H,26,27). The molecule has 2 aliphatic rings. The summed E-state index contributed by atoms with van der Waals surface area (Å²) in [5, 5.41) is 13.6. The van der Waals surface area contributed by atoms with Crippen LogP contribution in [0, 0.1) is 11.8 Å². The summed E-state index contributed by atoms with van der Waals surface area (Å²) in [6.07, 6.45) is 4.29. The van der Waals surface area contributed by atoms with E-state index in [-0.39, 0.29) is 18.2 Å². The lowest BCUT2D eigenvalue weighted by atomic mass is 9.94. The number of carboxylic acids is 1. The average Bonchev–Trinajstić information content (AvgIpc) is 3.43. The van der Waals surface area contributed by atoms with Crippen LogP contribution in [-0.2, 0) is 16.0 Å². The van der Waals surface area contributed by atoms with E-state index in [1.165, 1.54) is 0 Å². The predicted molar refractivity (Wildman–Crippen MR) is 103 cm³/mol. The predicted octanol–water partition coefficient (Wildman–Crippen LogP) is 2.78. The smallest absolute Gasteiger partial charge is 0.326 e. The maximum Gasteiger partial charge on any atom is 0.326 e. The molecular weight excluding hydrogens is 374 g/mol. The quantitative estimate of drug-likeness (QED) is 0.763. The molecule has 1 aromatic carbocycles. The Balaban J connectivity index is 1.31. The van der Waals surface area contributed by atoms with E-state index in [1.54, 1.807) is 12.0 Å². The van der Waals surface area contributed by atoms with Crippen LogP contribution < -0.4 is 4.74 Å². The Morgan fingerprint density at radius 3 is 2.79 bits per heavy atom. The lowest BCUT2D eigenvalue weighted by Crippen LogP contribution is -2.43. The molecular formula is C21H25N3O5. The van der Waals surface area contributed by atoms with Crippen molar-refractivity contribution in [1.29, 1.82) is 0 Å². The van der Waals surface area contributed by atoms with Crippen molar-refractivity contribution < 1.29 is 24.0 Å². The SMILES string of the molecule is COc1ccc(-c2noc(CCCC(=O)N3CC4CCCC4C3C(=O)O)n2)cc1. The maximum atomic E-state index is 12.7. The molecule has 154 valence electrons. The molecule has 1 aromatic heterocycles. The zero-order chi connectivity index (χ0) is 20.4. The molecule has 8 nitrogen and oxygen atoms in total. The fraction of sp³-hybridized carbons (Fsp3) is 0.524. The molecule has 8 heteroatoms. The fourth-order valence-electron chi connectivity index (χ4n) is 4.63. The summed E-state index contributed by atoms with van der Waals surface area (Å²) in [4.78, 5) is 30.3. The minimum Gasteiger partial charge on any atom is -0.497 e. The highest BCUT2D eigenvalue weighted by Crippen LogP contribution is 2.42. The van der Waals surface area contributed by atoms with Gasteiger partial charge in [0.2, 0.25) is 17.6 Å². The highest BCUT2D eigenvalue weighted by Gasteiger charge is 2.49. The number of methoxy groups -OCH3 is 1. The van der Waals surface area contributed by atoms with Crippen LogP contribution >= 0.6 is 0 Å². The maximum absolute atomic E-state index is 12.7. The van der Waals surface area contributed by atoms with Gasteiger partial charge in [0.15, 0.2) is 0 Å². The Morgan fingerprint density at radius 1 is 1.28 bits per heavy atom. The molecule has 29 heavy (non-hydrogen) atoms. The van der Waals surface area contributed by atoms with Gasteiger partial charge in [-0.2, -0.15) is 4.98 Å². The van der Waals surface area contributed by atoms with Gasteiger partial charge in [-0.05, 0) is 55.4 Å². The number of fused-ring (bicyclic) bond motifs is 1. The molecule has 0 radical (unpaired) electrons. The molecule has 0 spiro atoms. The summed E-state index contributed by atoms with van der Waals surface area (Å²) in [6, 6.07) is 6.70. The van der Waals surface area contributed by atoms with Crippen molar-refractivity contribution in [3.8, 4) is 17.1 Å². The third-order valence-corrected chi connectivity index (χ3v) is 6.06. The first-order valence-corrected chi connectivity index (χ1v) is 10.1. The van der Waals surface area contributed by atoms with Crippen LogP contribution in [0.25, 0.3) is 11.4 Å². The van der Waals surface area contributed by atoms with Gasteiger partial charge in [0.1, 0.15) is 11.8 Å². The normalized spacial score (nSPS) is 23.2. The van der Waals surface area contributed by atoms with Gasteiger partial charge in [-0.3, -0.25) is 4.79 Å². The molecule has 1 aliphatic carbocycles. The van der Waals surface area contributed by atoms with E-state index in [0.29, 0.717) is 37.0 Å². The monoisotopic (exact) mass is 399 g/mol. The molecule has 2 fully saturated rings. The van der Waals surface area contributed by atoms with Gasteiger partial charge < -0.3 is 19.3 Å². The van der Waals surface area contributed by atoms with Crippen LogP contribution in [0.5, 0.6) is 5.75 Å². The number of aromatic nitrogens is 2. The Morgan fingerprint density at radius 2 is 2.07 bits per heavy atom. The number of nitrogens with zero attached hydrogens (tertiary/aromatic N) is 3. The first-order chi connectivity index (χ1) is 14.1. The number of hydrogen-bond acceptors (Lipinski definition) is 6. The van der Waals surface area contributed by atoms with Gasteiger partial charge in [-0.15, -0.1) is 0 Å². The van der Waals surface area contributed by atoms with Crippen molar-refractivity contribution >= 4 is 11.9 Å². The number of likely N-dealkylation sites (tertiary alicyclic amines) is 1. The van der Waals surface area contributed by atoms with E-state index in [0.717, 1.165) is 30.6 Å². The molecule has 3 atom stereocenters. The molecule has 1 N–H and O–H groups in total. The highest BCUT2D eigenvalue weighted by atomic mass is 16.5. The fourth-order valence-corrected chi connectivity index (χ4v) is 4.63. The Labute approximate surface area is 168 Å². The summed E-state index contributed by atoms with van der Waals surface area (Å²) < 4.78 is 10.4. The van der Waals surface area contributed by atoms with Gasteiger partial charge in [0.25, 0.3) is 0 Å². The minimum absolute atomic E-state index is 0.0957. The van der Waals surface area contributed by atoms with E-state index in [1.807, 2.05) is 24.3 Å². The summed E-state index contributed by atoms with van der Waals surface area (Å²) >= 11 is 0. The number of aliphatic carboxylic acids is 1. The number of carbonyl (C=O) groups excluding carboxylic acids is 1. The first-order valence-electron chi connectivity index (χ1n) is 10.1. The zero-order valence-corrected chi connectivity index (χ0v) is 16.4. The van der Waals surface area contributed by atoms with Crippen molar-refractivity contribution in [2.45, 2.75) is 44.6 Å². The van der Waals surface area contributed by atoms with Gasteiger partial charge in [0.05, 0.1) is 7.11 Å². The van der Waals surface area contributed by atoms with Gasteiger partial charge in [-0.1, -0.05) is 11.6 Å². The van der Waals surface area contributed by atoms with Crippen LogP contribution in [0.2, 0.25) is 0 Å². The van der Waals surface area contributed by atoms with Gasteiger partial charge >= 0.3 is 5.97 Å². The van der Waals surface area contributed by atoms with E-state index >= 15 is 0 Å². The van der Waals surface area contributed by atoms with Crippen molar-refractivity contribution in [3.05, 3.63) is 30.2 Å². The van der Waals surface area contributed by atoms with Crippen molar-refractivity contribution in [2.24, 2.45) is 11.8 Å². The summed E-state index contributed by atoms with van der Waals surface area (Å²) in [7, 11) is 1.61. The second kappa shape index (κ2) is 8.23. The number of rotatable bonds is 7. The van der Waals surface area contributed by atoms with Crippen LogP contribution in [0.3, 0.4) is 0 Å². The van der Waals surface area contributed by atoms with E-state index in [4.69, 9.17) is 9.26 Å². The summed E-state index contributed by atoms with van der Waals surface area (Å²) in [5.41, 5.74) is 0.824. The van der Waals surface area contributed by atoms with Gasteiger partial charge in [0, 0.05) is 24.9 Å². The van der Waals surface area contributed by atoms with E-state index in [9.17, 15) is 14.7 Å². The third-order valence-electron chi connectivity index (χ3n) is 6.06. The van der Waals surface area contributed by atoms with Crippen LogP contribution in [-0.4, -0.2) is 51.7 Å². The van der Waals surface area contributed by atoms with Crippen LogP contribution in [0.4, 0.5) is 0 Å². The Kier molecular flexibility index (Phi) is 5.51. The second-order valence-corrected chi connectivity index (χ2v) is 7.78. The van der Waals surface area contributed by atoms with Crippen molar-refractivity contribution in [3.63, 3.8) is 0 Å². The summed E-state index contributed by atoms with van der Waals surface area (Å²) in [5.74, 6) is 1.18. The first kappa shape index (κ1) is 19.4. The topological polar surface area (TPSA) is 106 Å².